The summed E-state index contributed by atoms with van der Waals surface area (Å²) in [4.78, 5) is 31.4. The summed E-state index contributed by atoms with van der Waals surface area (Å²) in [7, 11) is 1.62. The van der Waals surface area contributed by atoms with Gasteiger partial charge in [0.05, 0.1) is 27.7 Å². The van der Waals surface area contributed by atoms with E-state index in [4.69, 9.17) is 16.6 Å². The van der Waals surface area contributed by atoms with Crippen molar-refractivity contribution in [2.45, 2.75) is 77.0 Å². The van der Waals surface area contributed by atoms with E-state index in [1.165, 1.54) is 18.5 Å². The lowest BCUT2D eigenvalue weighted by molar-refractivity contribution is -0.123. The average Bonchev–Trinajstić information content (AvgIpc) is 3.65. The number of nitrogens with zero attached hydrogens (tertiary/aromatic N) is 5. The van der Waals surface area contributed by atoms with E-state index in [0.717, 1.165) is 12.1 Å². The lowest BCUT2D eigenvalue weighted by Gasteiger charge is -2.23. The molecule has 57 heavy (non-hydrogen) atoms. The predicted octanol–water partition coefficient (Wildman–Crippen LogP) is 7.73. The van der Waals surface area contributed by atoms with Gasteiger partial charge in [0.1, 0.15) is 40.9 Å². The number of aryl methyl sites for hydroxylation is 1. The molecule has 3 atom stereocenters. The normalized spacial score (nSPS) is 17.3. The van der Waals surface area contributed by atoms with Crippen LogP contribution in [0.3, 0.4) is 0 Å². The number of benzene rings is 2. The molecule has 7 rings (SSSR count). The van der Waals surface area contributed by atoms with E-state index in [-0.39, 0.29) is 52.1 Å². The Kier molecular flexibility index (Phi) is 10.1. The molecule has 1 unspecified atom stereocenters. The van der Waals surface area contributed by atoms with Gasteiger partial charge in [-0.15, -0.1) is 0 Å². The van der Waals surface area contributed by atoms with E-state index >= 15 is 8.78 Å². The van der Waals surface area contributed by atoms with Crippen molar-refractivity contribution in [2.75, 3.05) is 5.32 Å². The molecular weight excluding hydrogens is 776 g/mol. The molecule has 2 aliphatic carbocycles. The van der Waals surface area contributed by atoms with Crippen LogP contribution in [0, 0.1) is 35.3 Å². The average molecular weight is 812 g/mol. The standard InChI is InChI=1S/C40H36ClF6N7O3/c1-18(2)38(56)50-37-31-27(41)9-8-24(34(31)53(5)52-37)23-7-6-22(10-11-39(3,4)57)48-32(23)28(14-19-12-20(42)15-21(43)13-19)49-29(55)17-54-35-30(33(51-54)36(44)45)25-16-26(25)40(35,46)47/h6-9,12-13,15,18,25-26,28,36,57H,14,16-17H2,1-5H3,(H,49,55)(H,50,52,56)/t25-,26+,28?/m0/s1. The van der Waals surface area contributed by atoms with E-state index in [0.29, 0.717) is 32.8 Å². The monoisotopic (exact) mass is 811 g/mol. The first-order valence-corrected chi connectivity index (χ1v) is 18.4. The van der Waals surface area contributed by atoms with Gasteiger partial charge in [0.15, 0.2) is 5.82 Å². The minimum Gasteiger partial charge on any atom is -0.378 e. The summed E-state index contributed by atoms with van der Waals surface area (Å²) in [5.74, 6) is -3.28. The van der Waals surface area contributed by atoms with E-state index in [1.807, 2.05) is 0 Å². The number of fused-ring (bicyclic) bond motifs is 4. The Labute approximate surface area is 327 Å². The van der Waals surface area contributed by atoms with Crippen LogP contribution in [-0.2, 0) is 35.5 Å². The number of anilines is 1. The van der Waals surface area contributed by atoms with Crippen molar-refractivity contribution >= 4 is 40.1 Å². The maximum atomic E-state index is 15.4. The molecule has 2 aromatic carbocycles. The second-order valence-corrected chi connectivity index (χ2v) is 15.6. The highest BCUT2D eigenvalue weighted by Gasteiger charge is 2.67. The number of halogens is 7. The molecule has 10 nitrogen and oxygen atoms in total. The number of amides is 2. The summed E-state index contributed by atoms with van der Waals surface area (Å²) in [5, 5.41) is 24.7. The highest BCUT2D eigenvalue weighted by molar-refractivity contribution is 6.37. The third-order valence-electron chi connectivity index (χ3n) is 9.90. The van der Waals surface area contributed by atoms with Crippen molar-refractivity contribution in [1.82, 2.24) is 29.9 Å². The molecule has 3 aromatic heterocycles. The fourth-order valence-electron chi connectivity index (χ4n) is 7.33. The van der Waals surface area contributed by atoms with Gasteiger partial charge in [-0.1, -0.05) is 37.4 Å². The number of hydrogen-bond acceptors (Lipinski definition) is 6. The Morgan fingerprint density at radius 2 is 1.74 bits per heavy atom. The Morgan fingerprint density at radius 3 is 2.39 bits per heavy atom. The van der Waals surface area contributed by atoms with Crippen LogP contribution in [0.15, 0.2) is 42.5 Å². The molecule has 0 bridgehead atoms. The number of aliphatic hydroxyl groups is 1. The van der Waals surface area contributed by atoms with E-state index in [1.54, 1.807) is 45.2 Å². The number of rotatable bonds is 10. The van der Waals surface area contributed by atoms with Gasteiger partial charge >= 0.3 is 0 Å². The third kappa shape index (κ3) is 7.70. The van der Waals surface area contributed by atoms with Crippen LogP contribution in [0.2, 0.25) is 5.02 Å². The summed E-state index contributed by atoms with van der Waals surface area (Å²) in [6.45, 7) is 5.43. The maximum absolute atomic E-state index is 15.4. The Hall–Kier alpha value is -5.40. The molecule has 3 N–H and O–H groups in total. The van der Waals surface area contributed by atoms with Gasteiger partial charge in [-0.3, -0.25) is 19.0 Å². The molecule has 298 valence electrons. The molecule has 5 aromatic rings. The number of carbonyl (C=O) groups excluding carboxylic acids is 2. The first-order valence-electron chi connectivity index (χ1n) is 18.0. The highest BCUT2D eigenvalue weighted by atomic mass is 35.5. The molecular formula is C40H36ClF6N7O3. The van der Waals surface area contributed by atoms with Gasteiger partial charge in [-0.2, -0.15) is 19.0 Å². The zero-order valence-corrected chi connectivity index (χ0v) is 32.0. The second kappa shape index (κ2) is 14.5. The minimum absolute atomic E-state index is 0.0330. The number of alkyl halides is 4. The molecule has 0 spiro atoms. The number of carbonyl (C=O) groups is 2. The molecule has 0 radical (unpaired) electrons. The van der Waals surface area contributed by atoms with Gasteiger partial charge < -0.3 is 15.7 Å². The highest BCUT2D eigenvalue weighted by Crippen LogP contribution is 2.68. The van der Waals surface area contributed by atoms with Crippen LogP contribution in [0.25, 0.3) is 22.0 Å². The number of hydrogen-bond donors (Lipinski definition) is 3. The van der Waals surface area contributed by atoms with Gasteiger partial charge in [0.25, 0.3) is 12.3 Å². The second-order valence-electron chi connectivity index (χ2n) is 15.2. The van der Waals surface area contributed by atoms with E-state index in [9.17, 15) is 32.3 Å². The molecule has 0 aliphatic heterocycles. The summed E-state index contributed by atoms with van der Waals surface area (Å²) in [6, 6.07) is 7.87. The molecule has 3 heterocycles. The molecule has 0 saturated heterocycles. The maximum Gasteiger partial charge on any atom is 0.293 e. The Morgan fingerprint density at radius 1 is 1.05 bits per heavy atom. The van der Waals surface area contributed by atoms with Crippen molar-refractivity contribution in [2.24, 2.45) is 18.9 Å². The van der Waals surface area contributed by atoms with Crippen molar-refractivity contribution in [3.63, 3.8) is 0 Å². The van der Waals surface area contributed by atoms with Gasteiger partial charge in [0.2, 0.25) is 11.8 Å². The Bertz CT molecular complexity index is 2500. The minimum atomic E-state index is -3.49. The van der Waals surface area contributed by atoms with E-state index in [2.05, 4.69) is 32.7 Å². The Balaban J connectivity index is 1.38. The van der Waals surface area contributed by atoms with Crippen molar-refractivity contribution in [3.05, 3.63) is 93.0 Å². The van der Waals surface area contributed by atoms with Crippen molar-refractivity contribution < 1.29 is 41.0 Å². The topological polar surface area (TPSA) is 127 Å². The number of aromatic nitrogens is 5. The third-order valence-corrected chi connectivity index (χ3v) is 10.2. The van der Waals surface area contributed by atoms with Crippen LogP contribution < -0.4 is 10.6 Å². The fourth-order valence-corrected chi connectivity index (χ4v) is 7.57. The molecule has 2 aliphatic rings. The number of pyridine rings is 1. The zero-order valence-electron chi connectivity index (χ0n) is 31.2. The van der Waals surface area contributed by atoms with Crippen LogP contribution in [0.5, 0.6) is 0 Å². The SMILES string of the molecule is CC(C)C(=O)Nc1nn(C)c2c(-c3ccc(C#CC(C)(C)O)nc3C(Cc3cc(F)cc(F)c3)NC(=O)Cn3nc(C(F)F)c4c3C(F)(F)[C@@H]3C[C@H]43)ccc(Cl)c12. The van der Waals surface area contributed by atoms with Crippen LogP contribution >= 0.6 is 11.6 Å². The molecule has 2 amide bonds. The van der Waals surface area contributed by atoms with Crippen molar-refractivity contribution in [1.29, 1.82) is 0 Å². The molecule has 1 saturated carbocycles. The van der Waals surface area contributed by atoms with Crippen LogP contribution in [0.1, 0.15) is 86.4 Å². The van der Waals surface area contributed by atoms with Crippen LogP contribution in [-0.4, -0.2) is 47.1 Å². The quantitative estimate of drug-likeness (QED) is 0.0980. The molecule has 17 heteroatoms. The summed E-state index contributed by atoms with van der Waals surface area (Å²) in [5.41, 5.74) is -1.75. The number of nitrogens with one attached hydrogen (secondary N) is 2. The summed E-state index contributed by atoms with van der Waals surface area (Å²) in [6.07, 6.45) is -3.43. The van der Waals surface area contributed by atoms with Gasteiger partial charge in [0, 0.05) is 41.6 Å². The first-order chi connectivity index (χ1) is 26.7. The van der Waals surface area contributed by atoms with Crippen LogP contribution in [0.4, 0.5) is 32.2 Å². The summed E-state index contributed by atoms with van der Waals surface area (Å²) < 4.78 is 90.1. The fraction of sp³-hybridized carbons (Fsp3) is 0.375. The van der Waals surface area contributed by atoms with Crippen molar-refractivity contribution in [3.8, 4) is 23.0 Å². The lowest BCUT2D eigenvalue weighted by atomic mass is 9.93. The van der Waals surface area contributed by atoms with Gasteiger partial charge in [-0.05, 0) is 74.4 Å². The summed E-state index contributed by atoms with van der Waals surface area (Å²) >= 11 is 6.69. The predicted molar refractivity (Wildman–Crippen MR) is 198 cm³/mol. The first kappa shape index (κ1) is 39.8. The largest absolute Gasteiger partial charge is 0.378 e. The lowest BCUT2D eigenvalue weighted by Crippen LogP contribution is -2.35. The smallest absolute Gasteiger partial charge is 0.293 e. The zero-order chi connectivity index (χ0) is 41.3. The van der Waals surface area contributed by atoms with Gasteiger partial charge in [-0.25, -0.2) is 22.5 Å². The van der Waals surface area contributed by atoms with E-state index < -0.39 is 77.2 Å². The molecule has 1 fully saturated rings.